The van der Waals surface area contributed by atoms with Crippen LogP contribution in [0, 0.1) is 12.7 Å². The van der Waals surface area contributed by atoms with Crippen molar-refractivity contribution < 1.29 is 9.13 Å². The van der Waals surface area contributed by atoms with Crippen LogP contribution in [0.25, 0.3) is 0 Å². The van der Waals surface area contributed by atoms with Crippen LogP contribution in [-0.2, 0) is 24.9 Å². The Morgan fingerprint density at radius 3 is 2.69 bits per heavy atom. The third-order valence-electron chi connectivity index (χ3n) is 3.78. The molecule has 2 aromatic rings. The van der Waals surface area contributed by atoms with Crippen LogP contribution in [-0.4, -0.2) is 41.0 Å². The first kappa shape index (κ1) is 22.3. The lowest BCUT2D eigenvalue weighted by Gasteiger charge is -2.12. The van der Waals surface area contributed by atoms with E-state index < -0.39 is 0 Å². The van der Waals surface area contributed by atoms with E-state index in [1.165, 1.54) is 6.07 Å². The number of aliphatic imine (C=N–C) groups is 1. The van der Waals surface area contributed by atoms with E-state index in [1.54, 1.807) is 25.3 Å². The molecule has 26 heavy (non-hydrogen) atoms. The van der Waals surface area contributed by atoms with E-state index in [9.17, 15) is 4.39 Å². The summed E-state index contributed by atoms with van der Waals surface area (Å²) in [5, 5.41) is 14.6. The second kappa shape index (κ2) is 11.8. The number of aryl methyl sites for hydroxylation is 1. The van der Waals surface area contributed by atoms with Gasteiger partial charge < -0.3 is 19.9 Å². The van der Waals surface area contributed by atoms with Crippen molar-refractivity contribution in [2.45, 2.75) is 26.4 Å². The van der Waals surface area contributed by atoms with E-state index >= 15 is 0 Å². The van der Waals surface area contributed by atoms with Crippen molar-refractivity contribution in [3.05, 3.63) is 47.3 Å². The van der Waals surface area contributed by atoms with Gasteiger partial charge in [0.2, 0.25) is 0 Å². The molecule has 0 unspecified atom stereocenters. The maximum absolute atomic E-state index is 13.8. The van der Waals surface area contributed by atoms with Crippen molar-refractivity contribution in [1.29, 1.82) is 0 Å². The zero-order valence-electron chi connectivity index (χ0n) is 15.3. The fourth-order valence-corrected chi connectivity index (χ4v) is 2.16. The first-order chi connectivity index (χ1) is 12.1. The molecule has 2 N–H and O–H groups in total. The molecule has 0 atom stereocenters. The number of halogens is 2. The fourth-order valence-electron chi connectivity index (χ4n) is 2.16. The van der Waals surface area contributed by atoms with Crippen molar-refractivity contribution in [2.75, 3.05) is 20.3 Å². The Labute approximate surface area is 170 Å². The quantitative estimate of drug-likeness (QED) is 0.264. The smallest absolute Gasteiger partial charge is 0.191 e. The molecule has 0 amide bonds. The van der Waals surface area contributed by atoms with Gasteiger partial charge in [0, 0.05) is 32.9 Å². The molecule has 2 rings (SSSR count). The number of hydrogen-bond acceptors (Lipinski definition) is 4. The summed E-state index contributed by atoms with van der Waals surface area (Å²) in [7, 11) is 3.58. The van der Waals surface area contributed by atoms with Crippen LogP contribution in [0.1, 0.15) is 23.6 Å². The predicted octanol–water partition coefficient (Wildman–Crippen LogP) is 2.15. The van der Waals surface area contributed by atoms with Gasteiger partial charge in [0.15, 0.2) is 11.8 Å². The number of nitrogens with one attached hydrogen (secondary N) is 2. The molecule has 0 saturated heterocycles. The summed E-state index contributed by atoms with van der Waals surface area (Å²) < 4.78 is 20.7. The van der Waals surface area contributed by atoms with E-state index in [-0.39, 0.29) is 36.3 Å². The van der Waals surface area contributed by atoms with E-state index in [1.807, 2.05) is 18.5 Å². The van der Waals surface area contributed by atoms with Crippen molar-refractivity contribution in [3.8, 4) is 0 Å². The van der Waals surface area contributed by atoms with Gasteiger partial charge in [-0.15, -0.1) is 34.2 Å². The van der Waals surface area contributed by atoms with E-state index in [4.69, 9.17) is 4.74 Å². The highest BCUT2D eigenvalue weighted by molar-refractivity contribution is 14.0. The number of ether oxygens (including phenoxy) is 1. The van der Waals surface area contributed by atoms with Crippen LogP contribution in [0.2, 0.25) is 0 Å². The Balaban J connectivity index is 0.00000338. The summed E-state index contributed by atoms with van der Waals surface area (Å²) in [6.07, 6.45) is 0.847. The topological polar surface area (TPSA) is 76.4 Å². The molecule has 0 aliphatic heterocycles. The summed E-state index contributed by atoms with van der Waals surface area (Å²) in [4.78, 5) is 4.46. The summed E-state index contributed by atoms with van der Waals surface area (Å²) in [5.74, 6) is 1.98. The summed E-state index contributed by atoms with van der Waals surface area (Å²) in [5.41, 5.74) is 0.551. The van der Waals surface area contributed by atoms with Gasteiger partial charge in [0.25, 0.3) is 0 Å². The van der Waals surface area contributed by atoms with Crippen LogP contribution in [0.15, 0.2) is 29.3 Å². The molecule has 1 heterocycles. The molecule has 144 valence electrons. The molecule has 1 aromatic carbocycles. The Kier molecular flexibility index (Phi) is 10.1. The largest absolute Gasteiger partial charge is 0.385 e. The summed E-state index contributed by atoms with van der Waals surface area (Å²) in [6, 6.07) is 6.64. The van der Waals surface area contributed by atoms with Crippen molar-refractivity contribution in [2.24, 2.45) is 12.0 Å². The number of benzene rings is 1. The van der Waals surface area contributed by atoms with E-state index in [0.717, 1.165) is 18.1 Å². The van der Waals surface area contributed by atoms with E-state index in [0.29, 0.717) is 31.2 Å². The molecule has 0 bridgehead atoms. The highest BCUT2D eigenvalue weighted by Crippen LogP contribution is 2.07. The van der Waals surface area contributed by atoms with Crippen LogP contribution in [0.5, 0.6) is 0 Å². The zero-order valence-corrected chi connectivity index (χ0v) is 17.7. The molecule has 0 radical (unpaired) electrons. The third-order valence-corrected chi connectivity index (χ3v) is 3.78. The maximum Gasteiger partial charge on any atom is 0.191 e. The number of nitrogens with zero attached hydrogens (tertiary/aromatic N) is 4. The van der Waals surface area contributed by atoms with Crippen molar-refractivity contribution in [1.82, 2.24) is 25.4 Å². The highest BCUT2D eigenvalue weighted by Gasteiger charge is 2.07. The number of rotatable bonds is 8. The third kappa shape index (κ3) is 6.87. The van der Waals surface area contributed by atoms with Crippen LogP contribution in [0.3, 0.4) is 0 Å². The van der Waals surface area contributed by atoms with Crippen LogP contribution in [0.4, 0.5) is 4.39 Å². The molecular formula is C17H26FIN6O. The Bertz CT molecular complexity index is 706. The molecular weight excluding hydrogens is 450 g/mol. The lowest BCUT2D eigenvalue weighted by Crippen LogP contribution is -2.38. The zero-order chi connectivity index (χ0) is 18.1. The van der Waals surface area contributed by atoms with Gasteiger partial charge in [-0.05, 0) is 19.4 Å². The number of hydrogen-bond donors (Lipinski definition) is 2. The minimum Gasteiger partial charge on any atom is -0.385 e. The van der Waals surface area contributed by atoms with Gasteiger partial charge in [-0.3, -0.25) is 0 Å². The minimum atomic E-state index is -0.256. The highest BCUT2D eigenvalue weighted by atomic mass is 127. The predicted molar refractivity (Wildman–Crippen MR) is 110 cm³/mol. The van der Waals surface area contributed by atoms with Gasteiger partial charge in [0.05, 0.1) is 13.1 Å². The lowest BCUT2D eigenvalue weighted by molar-refractivity contribution is 0.195. The SMILES string of the molecule is COCCCNC(=NCc1ccccc1F)NCc1nnc(C)n1C.I. The van der Waals surface area contributed by atoms with Gasteiger partial charge in [-0.1, -0.05) is 18.2 Å². The Morgan fingerprint density at radius 1 is 1.27 bits per heavy atom. The van der Waals surface area contributed by atoms with Crippen LogP contribution < -0.4 is 10.6 Å². The van der Waals surface area contributed by atoms with Crippen molar-refractivity contribution >= 4 is 29.9 Å². The van der Waals surface area contributed by atoms with Crippen LogP contribution >= 0.6 is 24.0 Å². The maximum atomic E-state index is 13.8. The van der Waals surface area contributed by atoms with Gasteiger partial charge in [0.1, 0.15) is 11.6 Å². The number of methoxy groups -OCH3 is 1. The molecule has 1 aromatic heterocycles. The van der Waals surface area contributed by atoms with Crippen molar-refractivity contribution in [3.63, 3.8) is 0 Å². The second-order valence-corrected chi connectivity index (χ2v) is 5.61. The number of guanidine groups is 1. The average Bonchev–Trinajstić information content (AvgIpc) is 2.93. The molecule has 9 heteroatoms. The molecule has 0 aliphatic rings. The fraction of sp³-hybridized carbons (Fsp3) is 0.471. The first-order valence-electron chi connectivity index (χ1n) is 8.21. The molecule has 0 fully saturated rings. The average molecular weight is 476 g/mol. The second-order valence-electron chi connectivity index (χ2n) is 5.61. The molecule has 0 saturated carbocycles. The summed E-state index contributed by atoms with van der Waals surface area (Å²) >= 11 is 0. The van der Waals surface area contributed by atoms with Gasteiger partial charge >= 0.3 is 0 Å². The monoisotopic (exact) mass is 476 g/mol. The summed E-state index contributed by atoms with van der Waals surface area (Å²) in [6.45, 7) is 3.99. The minimum absolute atomic E-state index is 0. The Morgan fingerprint density at radius 2 is 2.04 bits per heavy atom. The molecule has 0 aliphatic carbocycles. The standard InChI is InChI=1S/C17H25FN6O.HI/c1-13-22-23-16(24(13)2)12-21-17(19-9-6-10-25-3)20-11-14-7-4-5-8-15(14)18;/h4-5,7-8H,6,9-12H2,1-3H3,(H2,19,20,21);1H. The lowest BCUT2D eigenvalue weighted by atomic mass is 10.2. The normalized spacial score (nSPS) is 11.2. The number of aromatic nitrogens is 3. The molecule has 7 nitrogen and oxygen atoms in total. The van der Waals surface area contributed by atoms with Gasteiger partial charge in [-0.25, -0.2) is 9.38 Å². The Hall–Kier alpha value is -1.75. The van der Waals surface area contributed by atoms with Gasteiger partial charge in [-0.2, -0.15) is 0 Å². The van der Waals surface area contributed by atoms with E-state index in [2.05, 4.69) is 25.8 Å². The molecule has 0 spiro atoms. The first-order valence-corrected chi connectivity index (χ1v) is 8.21.